The number of hydrogen-bond acceptors (Lipinski definition) is 7. The average molecular weight is 492 g/mol. The van der Waals surface area contributed by atoms with Gasteiger partial charge >= 0.3 is 0 Å². The summed E-state index contributed by atoms with van der Waals surface area (Å²) in [6, 6.07) is 19.2. The number of hydrogen-bond donors (Lipinski definition) is 1. The zero-order valence-corrected chi connectivity index (χ0v) is 20.9. The van der Waals surface area contributed by atoms with Gasteiger partial charge in [-0.3, -0.25) is 9.36 Å². The van der Waals surface area contributed by atoms with Gasteiger partial charge in [0.1, 0.15) is 5.75 Å². The van der Waals surface area contributed by atoms with Crippen molar-refractivity contribution in [1.29, 1.82) is 0 Å². The second-order valence-electron chi connectivity index (χ2n) is 7.60. The predicted octanol–water partition coefficient (Wildman–Crippen LogP) is 5.50. The minimum absolute atomic E-state index is 0.119. The van der Waals surface area contributed by atoms with Crippen molar-refractivity contribution in [3.8, 4) is 23.0 Å². The molecule has 1 N–H and O–H groups in total. The molecule has 2 aromatic heterocycles. The first-order valence-electron chi connectivity index (χ1n) is 11.6. The second-order valence-corrected chi connectivity index (χ2v) is 8.54. The number of aromatic nitrogens is 3. The molecule has 8 nitrogen and oxygen atoms in total. The van der Waals surface area contributed by atoms with E-state index in [0.717, 1.165) is 35.9 Å². The Morgan fingerprint density at radius 1 is 1.03 bits per heavy atom. The Morgan fingerprint density at radius 2 is 1.77 bits per heavy atom. The van der Waals surface area contributed by atoms with Crippen LogP contribution in [0.5, 0.6) is 5.75 Å². The first-order valence-corrected chi connectivity index (χ1v) is 12.6. The largest absolute Gasteiger partial charge is 0.494 e. The second kappa shape index (κ2) is 11.6. The van der Waals surface area contributed by atoms with Crippen LogP contribution < -0.4 is 15.0 Å². The van der Waals surface area contributed by atoms with Crippen LogP contribution in [0.2, 0.25) is 0 Å². The molecule has 0 atom stereocenters. The lowest BCUT2D eigenvalue weighted by Crippen LogP contribution is -2.21. The van der Waals surface area contributed by atoms with Crippen LogP contribution in [0.15, 0.2) is 76.5 Å². The molecule has 0 aliphatic carbocycles. The molecule has 4 rings (SSSR count). The van der Waals surface area contributed by atoms with Gasteiger partial charge < -0.3 is 19.4 Å². The summed E-state index contributed by atoms with van der Waals surface area (Å²) in [6.45, 7) is 8.67. The van der Waals surface area contributed by atoms with E-state index in [1.165, 1.54) is 11.8 Å². The van der Waals surface area contributed by atoms with Crippen molar-refractivity contribution in [1.82, 2.24) is 14.8 Å². The first kappa shape index (κ1) is 24.4. The van der Waals surface area contributed by atoms with Crippen molar-refractivity contribution in [2.24, 2.45) is 0 Å². The topological polar surface area (TPSA) is 85.4 Å². The van der Waals surface area contributed by atoms with Crippen LogP contribution in [-0.2, 0) is 4.79 Å². The maximum absolute atomic E-state index is 12.7. The number of rotatable bonds is 11. The van der Waals surface area contributed by atoms with Crippen molar-refractivity contribution >= 4 is 29.0 Å². The molecule has 182 valence electrons. The molecule has 0 aliphatic rings. The summed E-state index contributed by atoms with van der Waals surface area (Å²) in [4.78, 5) is 14.9. The zero-order valence-electron chi connectivity index (χ0n) is 20.1. The molecule has 0 unspecified atom stereocenters. The molecule has 0 radical (unpaired) electrons. The van der Waals surface area contributed by atoms with E-state index >= 15 is 0 Å². The van der Waals surface area contributed by atoms with E-state index in [1.807, 2.05) is 66.1 Å². The minimum Gasteiger partial charge on any atom is -0.494 e. The summed E-state index contributed by atoms with van der Waals surface area (Å²) in [5.41, 5.74) is 2.74. The molecular formula is C26H29N5O3S. The number of nitrogens with one attached hydrogen (secondary N) is 1. The Kier molecular flexibility index (Phi) is 8.10. The Labute approximate surface area is 209 Å². The number of anilines is 2. The predicted molar refractivity (Wildman–Crippen MR) is 140 cm³/mol. The highest BCUT2D eigenvalue weighted by molar-refractivity contribution is 7.99. The average Bonchev–Trinajstić information content (AvgIpc) is 3.55. The van der Waals surface area contributed by atoms with Crippen molar-refractivity contribution < 1.29 is 13.9 Å². The number of ether oxygens (including phenoxy) is 1. The lowest BCUT2D eigenvalue weighted by Gasteiger charge is -2.21. The van der Waals surface area contributed by atoms with Crippen LogP contribution in [0.3, 0.4) is 0 Å². The fourth-order valence-corrected chi connectivity index (χ4v) is 4.44. The van der Waals surface area contributed by atoms with Crippen LogP contribution in [0.1, 0.15) is 20.8 Å². The highest BCUT2D eigenvalue weighted by atomic mass is 32.2. The Hall–Kier alpha value is -3.72. The number of benzene rings is 2. The lowest BCUT2D eigenvalue weighted by atomic mass is 10.2. The maximum Gasteiger partial charge on any atom is 0.234 e. The van der Waals surface area contributed by atoms with Gasteiger partial charge in [0.25, 0.3) is 0 Å². The third kappa shape index (κ3) is 5.86. The molecule has 2 heterocycles. The number of thioether (sulfide) groups is 1. The number of nitrogens with zero attached hydrogens (tertiary/aromatic N) is 4. The minimum atomic E-state index is -0.119. The van der Waals surface area contributed by atoms with E-state index in [-0.39, 0.29) is 11.7 Å². The Balaban J connectivity index is 1.48. The molecule has 0 bridgehead atoms. The summed E-state index contributed by atoms with van der Waals surface area (Å²) in [6.07, 6.45) is 1.60. The molecule has 2 aromatic carbocycles. The summed E-state index contributed by atoms with van der Waals surface area (Å²) >= 11 is 1.31. The van der Waals surface area contributed by atoms with E-state index in [4.69, 9.17) is 9.15 Å². The van der Waals surface area contributed by atoms with Gasteiger partial charge in [0.05, 0.1) is 24.3 Å². The molecule has 0 spiro atoms. The molecule has 0 saturated carbocycles. The highest BCUT2D eigenvalue weighted by Crippen LogP contribution is 2.29. The Bertz CT molecular complexity index is 1220. The molecule has 35 heavy (non-hydrogen) atoms. The van der Waals surface area contributed by atoms with E-state index in [1.54, 1.807) is 12.3 Å². The van der Waals surface area contributed by atoms with Gasteiger partial charge in [-0.25, -0.2) is 0 Å². The molecule has 0 saturated heterocycles. The quantitative estimate of drug-likeness (QED) is 0.277. The lowest BCUT2D eigenvalue weighted by molar-refractivity contribution is -0.113. The van der Waals surface area contributed by atoms with E-state index in [9.17, 15) is 4.79 Å². The number of carbonyl (C=O) groups is 1. The molecule has 1 amide bonds. The van der Waals surface area contributed by atoms with Gasteiger partial charge in [0, 0.05) is 24.5 Å². The monoisotopic (exact) mass is 491 g/mol. The highest BCUT2D eigenvalue weighted by Gasteiger charge is 2.19. The van der Waals surface area contributed by atoms with Crippen molar-refractivity contribution in [2.45, 2.75) is 25.9 Å². The first-order chi connectivity index (χ1) is 17.1. The SMILES string of the molecule is CCOc1ccc(-n2c(SCC(=O)Nc3ccc(N(CC)CC)cc3)nnc2-c2ccco2)cc1. The molecule has 0 fully saturated rings. The normalized spacial score (nSPS) is 10.8. The van der Waals surface area contributed by atoms with Gasteiger partial charge in [-0.1, -0.05) is 11.8 Å². The molecule has 4 aromatic rings. The number of carbonyl (C=O) groups excluding carboxylic acids is 1. The van der Waals surface area contributed by atoms with E-state index in [0.29, 0.717) is 23.3 Å². The summed E-state index contributed by atoms with van der Waals surface area (Å²) in [7, 11) is 0. The van der Waals surface area contributed by atoms with Crippen LogP contribution in [0.4, 0.5) is 11.4 Å². The summed E-state index contributed by atoms with van der Waals surface area (Å²) in [5, 5.41) is 12.2. The van der Waals surface area contributed by atoms with Crippen LogP contribution >= 0.6 is 11.8 Å². The third-order valence-electron chi connectivity index (χ3n) is 5.39. The number of furan rings is 1. The summed E-state index contributed by atoms with van der Waals surface area (Å²) < 4.78 is 13.0. The molecular weight excluding hydrogens is 462 g/mol. The molecule has 0 aliphatic heterocycles. The van der Waals surface area contributed by atoms with Crippen molar-refractivity contribution in [2.75, 3.05) is 35.7 Å². The van der Waals surface area contributed by atoms with Gasteiger partial charge in [-0.05, 0) is 81.4 Å². The Morgan fingerprint density at radius 3 is 2.40 bits per heavy atom. The van der Waals surface area contributed by atoms with Crippen molar-refractivity contribution in [3.05, 3.63) is 66.9 Å². The van der Waals surface area contributed by atoms with Crippen LogP contribution in [0.25, 0.3) is 17.3 Å². The van der Waals surface area contributed by atoms with Crippen LogP contribution in [-0.4, -0.2) is 46.1 Å². The van der Waals surface area contributed by atoms with Gasteiger partial charge in [0.2, 0.25) is 11.7 Å². The van der Waals surface area contributed by atoms with Crippen molar-refractivity contribution in [3.63, 3.8) is 0 Å². The van der Waals surface area contributed by atoms with E-state index in [2.05, 4.69) is 34.3 Å². The van der Waals surface area contributed by atoms with Gasteiger partial charge in [-0.15, -0.1) is 10.2 Å². The molecule has 9 heteroatoms. The number of amides is 1. The maximum atomic E-state index is 12.7. The van der Waals surface area contributed by atoms with Gasteiger partial charge in [0.15, 0.2) is 10.9 Å². The fraction of sp³-hybridized carbons (Fsp3) is 0.269. The van der Waals surface area contributed by atoms with E-state index < -0.39 is 0 Å². The third-order valence-corrected chi connectivity index (χ3v) is 6.32. The van der Waals surface area contributed by atoms with Gasteiger partial charge in [-0.2, -0.15) is 0 Å². The fourth-order valence-electron chi connectivity index (χ4n) is 3.69. The summed E-state index contributed by atoms with van der Waals surface area (Å²) in [5.74, 6) is 2.01. The smallest absolute Gasteiger partial charge is 0.234 e. The van der Waals surface area contributed by atoms with Crippen LogP contribution in [0, 0.1) is 0 Å². The standard InChI is InChI=1S/C26H29N5O3S/c1-4-30(5-2)20-11-9-19(10-12-20)27-24(32)18-35-26-29-28-25(23-8-7-17-34-23)31(26)21-13-15-22(16-14-21)33-6-3/h7-17H,4-6,18H2,1-3H3,(H,27,32). The zero-order chi connectivity index (χ0) is 24.6.